The standard InChI is InChI=1S/C16H23NO/c1-11-9-13(18)10-15-14(11)7-6-12-5-3-4-8-16(12,15)17-2/h9-10,12,17-18H,3-8H2,1-2H3/t12-,16+/m0/s1. The van der Waals surface area contributed by atoms with E-state index < -0.39 is 0 Å². The lowest BCUT2D eigenvalue weighted by Crippen LogP contribution is -2.51. The van der Waals surface area contributed by atoms with Crippen LogP contribution < -0.4 is 5.32 Å². The molecule has 1 aromatic rings. The SMILES string of the molecule is CN[C@]12CCCC[C@H]1CCc1c(C)cc(O)cc12. The summed E-state index contributed by atoms with van der Waals surface area (Å²) in [4.78, 5) is 0. The molecule has 1 fully saturated rings. The van der Waals surface area contributed by atoms with Gasteiger partial charge < -0.3 is 10.4 Å². The second-order valence-corrected chi connectivity index (χ2v) is 5.99. The van der Waals surface area contributed by atoms with Crippen molar-refractivity contribution >= 4 is 0 Å². The summed E-state index contributed by atoms with van der Waals surface area (Å²) in [6.45, 7) is 2.13. The number of hydrogen-bond acceptors (Lipinski definition) is 2. The Bertz CT molecular complexity index is 468. The van der Waals surface area contributed by atoms with E-state index in [1.165, 1.54) is 55.2 Å². The number of hydrogen-bond donors (Lipinski definition) is 2. The summed E-state index contributed by atoms with van der Waals surface area (Å²) in [5.74, 6) is 1.16. The molecule has 0 aliphatic heterocycles. The van der Waals surface area contributed by atoms with Gasteiger partial charge in [-0.2, -0.15) is 0 Å². The molecule has 2 aliphatic carbocycles. The molecule has 0 spiro atoms. The fourth-order valence-corrected chi connectivity index (χ4v) is 4.30. The van der Waals surface area contributed by atoms with Gasteiger partial charge in [0, 0.05) is 5.54 Å². The van der Waals surface area contributed by atoms with E-state index in [-0.39, 0.29) is 5.54 Å². The Morgan fingerprint density at radius 3 is 2.89 bits per heavy atom. The summed E-state index contributed by atoms with van der Waals surface area (Å²) in [5.41, 5.74) is 4.22. The summed E-state index contributed by atoms with van der Waals surface area (Å²) in [7, 11) is 2.09. The average Bonchev–Trinajstić information content (AvgIpc) is 2.38. The number of phenols is 1. The lowest BCUT2D eigenvalue weighted by Gasteiger charge is -2.49. The molecule has 2 aliphatic rings. The van der Waals surface area contributed by atoms with Crippen LogP contribution in [-0.4, -0.2) is 12.2 Å². The Morgan fingerprint density at radius 1 is 1.28 bits per heavy atom. The fraction of sp³-hybridized carbons (Fsp3) is 0.625. The van der Waals surface area contributed by atoms with Crippen LogP contribution in [0.25, 0.3) is 0 Å². The van der Waals surface area contributed by atoms with Crippen molar-refractivity contribution in [1.29, 1.82) is 0 Å². The number of benzene rings is 1. The summed E-state index contributed by atoms with van der Waals surface area (Å²) in [6.07, 6.45) is 7.67. The van der Waals surface area contributed by atoms with Gasteiger partial charge in [0.2, 0.25) is 0 Å². The molecule has 0 unspecified atom stereocenters. The second kappa shape index (κ2) is 4.27. The van der Waals surface area contributed by atoms with Gasteiger partial charge in [-0.3, -0.25) is 0 Å². The molecule has 2 heteroatoms. The molecule has 2 atom stereocenters. The molecule has 0 radical (unpaired) electrons. The largest absolute Gasteiger partial charge is 0.508 e. The predicted octanol–water partition coefficient (Wildman–Crippen LogP) is 3.25. The van der Waals surface area contributed by atoms with Gasteiger partial charge in [-0.05, 0) is 74.4 Å². The molecule has 0 saturated heterocycles. The fourth-order valence-electron chi connectivity index (χ4n) is 4.30. The summed E-state index contributed by atoms with van der Waals surface area (Å²) in [6, 6.07) is 3.92. The molecule has 1 saturated carbocycles. The quantitative estimate of drug-likeness (QED) is 0.796. The van der Waals surface area contributed by atoms with Crippen LogP contribution in [0.2, 0.25) is 0 Å². The smallest absolute Gasteiger partial charge is 0.116 e. The first kappa shape index (κ1) is 12.0. The van der Waals surface area contributed by atoms with Crippen LogP contribution in [0.3, 0.4) is 0 Å². The van der Waals surface area contributed by atoms with Crippen molar-refractivity contribution in [2.45, 2.75) is 51.0 Å². The van der Waals surface area contributed by atoms with Gasteiger partial charge in [0.05, 0.1) is 0 Å². The zero-order valence-corrected chi connectivity index (χ0v) is 11.4. The summed E-state index contributed by atoms with van der Waals surface area (Å²) >= 11 is 0. The van der Waals surface area contributed by atoms with Crippen LogP contribution in [0.15, 0.2) is 12.1 Å². The van der Waals surface area contributed by atoms with Crippen molar-refractivity contribution in [1.82, 2.24) is 5.32 Å². The Morgan fingerprint density at radius 2 is 2.11 bits per heavy atom. The zero-order valence-electron chi connectivity index (χ0n) is 11.4. The van der Waals surface area contributed by atoms with Crippen LogP contribution in [0.5, 0.6) is 5.75 Å². The molecule has 18 heavy (non-hydrogen) atoms. The molecule has 0 amide bonds. The minimum absolute atomic E-state index is 0.120. The molecule has 3 rings (SSSR count). The Hall–Kier alpha value is -1.02. The summed E-state index contributed by atoms with van der Waals surface area (Å²) < 4.78 is 0. The predicted molar refractivity (Wildman–Crippen MR) is 73.9 cm³/mol. The first-order valence-corrected chi connectivity index (χ1v) is 7.19. The molecule has 2 N–H and O–H groups in total. The topological polar surface area (TPSA) is 32.3 Å². The molecular weight excluding hydrogens is 222 g/mol. The maximum Gasteiger partial charge on any atom is 0.116 e. The third-order valence-corrected chi connectivity index (χ3v) is 5.20. The average molecular weight is 245 g/mol. The molecular formula is C16H23NO. The van der Waals surface area contributed by atoms with E-state index >= 15 is 0 Å². The van der Waals surface area contributed by atoms with E-state index in [4.69, 9.17) is 0 Å². The van der Waals surface area contributed by atoms with Crippen LogP contribution in [0.1, 0.15) is 48.8 Å². The highest BCUT2D eigenvalue weighted by atomic mass is 16.3. The molecule has 2 nitrogen and oxygen atoms in total. The third-order valence-electron chi connectivity index (χ3n) is 5.20. The lowest BCUT2D eigenvalue weighted by atomic mass is 9.62. The highest BCUT2D eigenvalue weighted by molar-refractivity contribution is 5.47. The molecule has 98 valence electrons. The maximum atomic E-state index is 9.94. The van der Waals surface area contributed by atoms with E-state index in [1.807, 2.05) is 12.1 Å². The highest BCUT2D eigenvalue weighted by Gasteiger charge is 2.44. The molecule has 0 aromatic heterocycles. The van der Waals surface area contributed by atoms with E-state index in [9.17, 15) is 5.11 Å². The number of rotatable bonds is 1. The van der Waals surface area contributed by atoms with Gasteiger partial charge in [-0.25, -0.2) is 0 Å². The van der Waals surface area contributed by atoms with Crippen molar-refractivity contribution in [3.63, 3.8) is 0 Å². The van der Waals surface area contributed by atoms with Gasteiger partial charge in [0.1, 0.15) is 5.75 Å². The zero-order chi connectivity index (χ0) is 12.8. The van der Waals surface area contributed by atoms with Gasteiger partial charge in [-0.15, -0.1) is 0 Å². The van der Waals surface area contributed by atoms with E-state index in [1.54, 1.807) is 0 Å². The maximum absolute atomic E-state index is 9.94. The molecule has 0 heterocycles. The lowest BCUT2D eigenvalue weighted by molar-refractivity contribution is 0.129. The van der Waals surface area contributed by atoms with E-state index in [0.29, 0.717) is 5.75 Å². The van der Waals surface area contributed by atoms with Crippen LogP contribution in [-0.2, 0) is 12.0 Å². The summed E-state index contributed by atoms with van der Waals surface area (Å²) in [5, 5.41) is 13.6. The normalized spacial score (nSPS) is 30.7. The van der Waals surface area contributed by atoms with Crippen LogP contribution in [0, 0.1) is 12.8 Å². The van der Waals surface area contributed by atoms with Gasteiger partial charge in [0.15, 0.2) is 0 Å². The minimum atomic E-state index is 0.120. The minimum Gasteiger partial charge on any atom is -0.508 e. The van der Waals surface area contributed by atoms with Crippen molar-refractivity contribution < 1.29 is 5.11 Å². The number of phenolic OH excluding ortho intramolecular Hbond substituents is 1. The first-order valence-electron chi connectivity index (χ1n) is 7.19. The van der Waals surface area contributed by atoms with Crippen molar-refractivity contribution in [2.24, 2.45) is 5.92 Å². The Labute approximate surface area is 109 Å². The monoisotopic (exact) mass is 245 g/mol. The van der Waals surface area contributed by atoms with Crippen molar-refractivity contribution in [3.8, 4) is 5.75 Å². The Balaban J connectivity index is 2.18. The van der Waals surface area contributed by atoms with Crippen molar-refractivity contribution in [2.75, 3.05) is 7.05 Å². The number of aromatic hydroxyl groups is 1. The number of aryl methyl sites for hydroxylation is 1. The molecule has 1 aromatic carbocycles. The second-order valence-electron chi connectivity index (χ2n) is 5.99. The Kier molecular flexibility index (Phi) is 2.86. The van der Waals surface area contributed by atoms with Gasteiger partial charge in [-0.1, -0.05) is 12.8 Å². The van der Waals surface area contributed by atoms with E-state index in [0.717, 1.165) is 5.92 Å². The number of fused-ring (bicyclic) bond motifs is 3. The van der Waals surface area contributed by atoms with Gasteiger partial charge >= 0.3 is 0 Å². The first-order chi connectivity index (χ1) is 8.67. The van der Waals surface area contributed by atoms with Crippen LogP contribution in [0.4, 0.5) is 0 Å². The highest BCUT2D eigenvalue weighted by Crippen LogP contribution is 2.49. The third kappa shape index (κ3) is 1.58. The number of nitrogens with one attached hydrogen (secondary N) is 1. The van der Waals surface area contributed by atoms with Crippen LogP contribution >= 0.6 is 0 Å². The van der Waals surface area contributed by atoms with E-state index in [2.05, 4.69) is 19.3 Å². The molecule has 0 bridgehead atoms. The van der Waals surface area contributed by atoms with Gasteiger partial charge in [0.25, 0.3) is 0 Å². The van der Waals surface area contributed by atoms with Crippen molar-refractivity contribution in [3.05, 3.63) is 28.8 Å².